The molecule has 0 aliphatic rings. The molecule has 1 heterocycles. The highest BCUT2D eigenvalue weighted by molar-refractivity contribution is 5.81. The third-order valence-electron chi connectivity index (χ3n) is 3.43. The minimum Gasteiger partial charge on any atom is -0.504 e. The average molecular weight is 342 g/mol. The normalized spacial score (nSPS) is 10.6. The lowest BCUT2D eigenvalue weighted by atomic mass is 10.1. The fourth-order valence-corrected chi connectivity index (χ4v) is 2.31. The van der Waals surface area contributed by atoms with E-state index >= 15 is 0 Å². The summed E-state index contributed by atoms with van der Waals surface area (Å²) in [5, 5.41) is 19.8. The van der Waals surface area contributed by atoms with Crippen LogP contribution in [-0.4, -0.2) is 23.0 Å². The first-order valence-corrected chi connectivity index (χ1v) is 7.43. The van der Waals surface area contributed by atoms with Gasteiger partial charge in [0.1, 0.15) is 17.1 Å². The van der Waals surface area contributed by atoms with Crippen molar-refractivity contribution in [3.8, 4) is 28.6 Å². The molecule has 7 heteroatoms. The van der Waals surface area contributed by atoms with Crippen molar-refractivity contribution < 1.29 is 28.9 Å². The molecular formula is C18H14O7. The summed E-state index contributed by atoms with van der Waals surface area (Å²) < 4.78 is 15.4. The number of para-hydroxylation sites is 1. The van der Waals surface area contributed by atoms with Crippen molar-refractivity contribution in [3.63, 3.8) is 0 Å². The van der Waals surface area contributed by atoms with Gasteiger partial charge in [0.05, 0.1) is 17.6 Å². The maximum Gasteiger partial charge on any atom is 0.513 e. The summed E-state index contributed by atoms with van der Waals surface area (Å²) in [5.41, 5.74) is 0.150. The zero-order valence-corrected chi connectivity index (χ0v) is 13.2. The number of aromatic hydroxyl groups is 2. The first kappa shape index (κ1) is 16.4. The zero-order chi connectivity index (χ0) is 18.0. The predicted octanol–water partition coefficient (Wildman–Crippen LogP) is 3.41. The van der Waals surface area contributed by atoms with Gasteiger partial charge >= 0.3 is 6.16 Å². The Balaban J connectivity index is 2.17. The Bertz CT molecular complexity index is 1000. The number of phenolic OH excluding ortho intramolecular Hbond substituents is 2. The molecule has 0 aliphatic carbocycles. The summed E-state index contributed by atoms with van der Waals surface area (Å²) in [6.45, 7) is 1.71. The monoisotopic (exact) mass is 342 g/mol. The van der Waals surface area contributed by atoms with Crippen molar-refractivity contribution in [2.24, 2.45) is 0 Å². The molecule has 7 nitrogen and oxygen atoms in total. The van der Waals surface area contributed by atoms with Crippen LogP contribution < -0.4 is 10.2 Å². The maximum absolute atomic E-state index is 12.3. The molecule has 1 aromatic heterocycles. The number of carbonyl (C=O) groups is 1. The van der Waals surface area contributed by atoms with E-state index < -0.39 is 17.7 Å². The van der Waals surface area contributed by atoms with Crippen molar-refractivity contribution in [2.75, 3.05) is 6.61 Å². The largest absolute Gasteiger partial charge is 0.513 e. The Morgan fingerprint density at radius 2 is 1.84 bits per heavy atom. The topological polar surface area (TPSA) is 106 Å². The van der Waals surface area contributed by atoms with Gasteiger partial charge in [0.2, 0.25) is 0 Å². The van der Waals surface area contributed by atoms with E-state index in [9.17, 15) is 19.8 Å². The van der Waals surface area contributed by atoms with Crippen LogP contribution in [0.15, 0.2) is 51.7 Å². The molecule has 0 radical (unpaired) electrons. The lowest BCUT2D eigenvalue weighted by molar-refractivity contribution is 0.104. The van der Waals surface area contributed by atoms with Crippen molar-refractivity contribution in [1.82, 2.24) is 0 Å². The van der Waals surface area contributed by atoms with Crippen LogP contribution in [0.5, 0.6) is 17.2 Å². The predicted molar refractivity (Wildman–Crippen MR) is 88.9 cm³/mol. The van der Waals surface area contributed by atoms with Crippen LogP contribution in [0.1, 0.15) is 6.92 Å². The molecule has 0 spiro atoms. The summed E-state index contributed by atoms with van der Waals surface area (Å²) in [4.78, 5) is 23.8. The quantitative estimate of drug-likeness (QED) is 0.427. The van der Waals surface area contributed by atoms with Crippen LogP contribution in [0.25, 0.3) is 22.3 Å². The Labute approximate surface area is 141 Å². The van der Waals surface area contributed by atoms with Crippen molar-refractivity contribution in [1.29, 1.82) is 0 Å². The van der Waals surface area contributed by atoms with Crippen LogP contribution in [0.2, 0.25) is 0 Å². The second-order valence-corrected chi connectivity index (χ2v) is 5.09. The third kappa shape index (κ3) is 3.25. The molecule has 0 saturated heterocycles. The second kappa shape index (κ2) is 6.56. The number of fused-ring (bicyclic) bond motifs is 1. The summed E-state index contributed by atoms with van der Waals surface area (Å²) in [6.07, 6.45) is -0.989. The highest BCUT2D eigenvalue weighted by Gasteiger charge is 2.18. The van der Waals surface area contributed by atoms with Gasteiger partial charge in [-0.05, 0) is 25.1 Å². The van der Waals surface area contributed by atoms with Gasteiger partial charge in [-0.1, -0.05) is 12.1 Å². The van der Waals surface area contributed by atoms with Gasteiger partial charge in [-0.3, -0.25) is 4.79 Å². The summed E-state index contributed by atoms with van der Waals surface area (Å²) in [7, 11) is 0. The molecule has 128 valence electrons. The summed E-state index contributed by atoms with van der Waals surface area (Å²) in [5.74, 6) is -1.00. The van der Waals surface area contributed by atoms with Crippen LogP contribution in [0.4, 0.5) is 4.79 Å². The molecule has 25 heavy (non-hydrogen) atoms. The fourth-order valence-electron chi connectivity index (χ4n) is 2.31. The van der Waals surface area contributed by atoms with Gasteiger partial charge in [0.25, 0.3) is 0 Å². The molecule has 0 amide bonds. The number of rotatable bonds is 3. The third-order valence-corrected chi connectivity index (χ3v) is 3.43. The van der Waals surface area contributed by atoms with E-state index in [0.29, 0.717) is 11.0 Å². The van der Waals surface area contributed by atoms with E-state index in [4.69, 9.17) is 13.9 Å². The number of benzene rings is 2. The molecule has 0 fully saturated rings. The molecule has 3 rings (SSSR count). The van der Waals surface area contributed by atoms with Crippen LogP contribution in [0, 0.1) is 0 Å². The number of ether oxygens (including phenoxy) is 2. The van der Waals surface area contributed by atoms with Gasteiger partial charge in [0.15, 0.2) is 16.9 Å². The number of hydrogen-bond donors (Lipinski definition) is 2. The first-order chi connectivity index (χ1) is 12.0. The van der Waals surface area contributed by atoms with Crippen LogP contribution in [-0.2, 0) is 4.74 Å². The minimum atomic E-state index is -0.989. The Morgan fingerprint density at radius 1 is 1.12 bits per heavy atom. The lowest BCUT2D eigenvalue weighted by Crippen LogP contribution is -2.11. The molecule has 3 aromatic rings. The molecule has 0 saturated carbocycles. The smallest absolute Gasteiger partial charge is 0.504 e. The molecule has 2 N–H and O–H groups in total. The summed E-state index contributed by atoms with van der Waals surface area (Å²) in [6, 6.07) is 10.0. The van der Waals surface area contributed by atoms with E-state index in [1.807, 2.05) is 0 Å². The van der Waals surface area contributed by atoms with Crippen LogP contribution in [0.3, 0.4) is 0 Å². The molecular weight excluding hydrogens is 328 g/mol. The van der Waals surface area contributed by atoms with Crippen LogP contribution >= 0.6 is 0 Å². The SMILES string of the molecule is CCOC(=O)Oc1cc(O)c(O)cc1-c1cc(=O)c2ccccc2o1. The van der Waals surface area contributed by atoms with E-state index in [2.05, 4.69) is 0 Å². The number of phenols is 2. The van der Waals surface area contributed by atoms with Gasteiger partial charge in [-0.15, -0.1) is 0 Å². The molecule has 2 aromatic carbocycles. The van der Waals surface area contributed by atoms with E-state index in [1.54, 1.807) is 31.2 Å². The molecule has 0 unspecified atom stereocenters. The number of hydrogen-bond acceptors (Lipinski definition) is 7. The second-order valence-electron chi connectivity index (χ2n) is 5.09. The fraction of sp³-hybridized carbons (Fsp3) is 0.111. The minimum absolute atomic E-state index is 0.0679. The molecule has 0 atom stereocenters. The highest BCUT2D eigenvalue weighted by atomic mass is 16.7. The number of carbonyl (C=O) groups excluding carboxylic acids is 1. The Morgan fingerprint density at radius 3 is 2.60 bits per heavy atom. The van der Waals surface area contributed by atoms with E-state index in [-0.39, 0.29) is 29.1 Å². The average Bonchev–Trinajstić information content (AvgIpc) is 2.58. The van der Waals surface area contributed by atoms with Gasteiger partial charge < -0.3 is 24.1 Å². The maximum atomic E-state index is 12.3. The standard InChI is InChI=1S/C18H14O7/c1-2-23-18(22)25-17-9-14(21)13(20)7-11(17)16-8-12(19)10-5-3-4-6-15(10)24-16/h3-9,20-21H,2H2,1H3. The zero-order valence-electron chi connectivity index (χ0n) is 13.2. The van der Waals surface area contributed by atoms with E-state index in [1.165, 1.54) is 6.07 Å². The van der Waals surface area contributed by atoms with Gasteiger partial charge in [-0.25, -0.2) is 4.79 Å². The summed E-state index contributed by atoms with van der Waals surface area (Å²) >= 11 is 0. The van der Waals surface area contributed by atoms with Gasteiger partial charge in [0, 0.05) is 12.1 Å². The van der Waals surface area contributed by atoms with E-state index in [0.717, 1.165) is 12.1 Å². The Hall–Kier alpha value is -3.48. The van der Waals surface area contributed by atoms with Crippen molar-refractivity contribution in [2.45, 2.75) is 6.92 Å². The molecule has 0 aliphatic heterocycles. The first-order valence-electron chi connectivity index (χ1n) is 7.43. The molecule has 0 bridgehead atoms. The van der Waals surface area contributed by atoms with Crippen molar-refractivity contribution in [3.05, 3.63) is 52.7 Å². The Kier molecular flexibility index (Phi) is 4.30. The van der Waals surface area contributed by atoms with Crippen molar-refractivity contribution >= 4 is 17.1 Å². The highest BCUT2D eigenvalue weighted by Crippen LogP contribution is 2.39. The lowest BCUT2D eigenvalue weighted by Gasteiger charge is -2.11. The van der Waals surface area contributed by atoms with Gasteiger partial charge in [-0.2, -0.15) is 0 Å².